The van der Waals surface area contributed by atoms with Gasteiger partial charge in [-0.25, -0.2) is 18.6 Å². The van der Waals surface area contributed by atoms with E-state index in [0.717, 1.165) is 29.0 Å². The zero-order valence-electron chi connectivity index (χ0n) is 21.8. The topological polar surface area (TPSA) is 101 Å². The number of amides is 1. The van der Waals surface area contributed by atoms with Gasteiger partial charge in [0.2, 0.25) is 5.78 Å². The van der Waals surface area contributed by atoms with E-state index in [1.54, 1.807) is 24.3 Å². The lowest BCUT2D eigenvalue weighted by atomic mass is 10.0. The minimum Gasteiger partial charge on any atom is -0.478 e. The molecule has 0 aliphatic heterocycles. The number of carbonyl (C=O) groups is 3. The van der Waals surface area contributed by atoms with Gasteiger partial charge in [-0.1, -0.05) is 48.5 Å². The van der Waals surface area contributed by atoms with Crippen molar-refractivity contribution in [3.63, 3.8) is 0 Å². The summed E-state index contributed by atoms with van der Waals surface area (Å²) in [5.41, 5.74) is 1.54. The van der Waals surface area contributed by atoms with Gasteiger partial charge in [-0.05, 0) is 70.4 Å². The van der Waals surface area contributed by atoms with Crippen LogP contribution in [-0.2, 0) is 6.54 Å². The Morgan fingerprint density at radius 1 is 0.786 bits per heavy atom. The summed E-state index contributed by atoms with van der Waals surface area (Å²) in [5, 5.41) is 13.7. The van der Waals surface area contributed by atoms with Crippen molar-refractivity contribution in [3.05, 3.63) is 143 Å². The van der Waals surface area contributed by atoms with E-state index in [1.165, 1.54) is 34.9 Å². The maximum atomic E-state index is 14.7. The Bertz CT molecular complexity index is 2030. The molecule has 42 heavy (non-hydrogen) atoms. The summed E-state index contributed by atoms with van der Waals surface area (Å²) in [6.07, 6.45) is 1.35. The molecular weight excluding hydrogens is 540 g/mol. The Morgan fingerprint density at radius 3 is 2.29 bits per heavy atom. The van der Waals surface area contributed by atoms with Gasteiger partial charge in [-0.3, -0.25) is 14.0 Å². The van der Waals surface area contributed by atoms with Crippen molar-refractivity contribution in [3.8, 4) is 11.1 Å². The number of benzene rings is 4. The fourth-order valence-corrected chi connectivity index (χ4v) is 4.83. The lowest BCUT2D eigenvalue weighted by Gasteiger charge is -2.13. The van der Waals surface area contributed by atoms with Gasteiger partial charge in [0.1, 0.15) is 28.7 Å². The van der Waals surface area contributed by atoms with Crippen molar-refractivity contribution >= 4 is 34.1 Å². The second-order valence-corrected chi connectivity index (χ2v) is 9.67. The Kier molecular flexibility index (Phi) is 6.76. The molecule has 0 spiro atoms. The predicted octanol–water partition coefficient (Wildman–Crippen LogP) is 6.29. The number of imidazole rings is 1. The summed E-state index contributed by atoms with van der Waals surface area (Å²) in [6.45, 7) is 0.0431. The zero-order chi connectivity index (χ0) is 29.4. The van der Waals surface area contributed by atoms with E-state index in [-0.39, 0.29) is 46.1 Å². The standard InChI is InChI=1S/C33H21F2N3O4/c34-25-11-12-27(35)26(16-25)24-14-28(32(40)37-17-19-5-7-21(8-6-19)33(41)42)38-29(18-36-30(38)15-24)31(39)23-10-9-20-3-1-2-4-22(20)13-23/h1-16,18H,17H2,(H,37,40)(H,41,42). The number of carboxylic acids is 1. The summed E-state index contributed by atoms with van der Waals surface area (Å²) < 4.78 is 30.2. The molecule has 0 aliphatic carbocycles. The Labute approximate surface area is 237 Å². The van der Waals surface area contributed by atoms with Crippen LogP contribution in [0.3, 0.4) is 0 Å². The molecule has 9 heteroatoms. The molecule has 0 saturated carbocycles. The number of nitrogens with zero attached hydrogens (tertiary/aromatic N) is 2. The van der Waals surface area contributed by atoms with Gasteiger partial charge in [0.15, 0.2) is 0 Å². The second-order valence-electron chi connectivity index (χ2n) is 9.67. The third-order valence-corrected chi connectivity index (χ3v) is 6.98. The van der Waals surface area contributed by atoms with Gasteiger partial charge in [-0.2, -0.15) is 0 Å². The molecule has 7 nitrogen and oxygen atoms in total. The minimum absolute atomic E-state index is 0.0186. The molecular formula is C33H21F2N3O4. The van der Waals surface area contributed by atoms with Crippen LogP contribution < -0.4 is 5.32 Å². The fraction of sp³-hybridized carbons (Fsp3) is 0.0303. The number of nitrogens with one attached hydrogen (secondary N) is 1. The molecule has 4 aromatic carbocycles. The van der Waals surface area contributed by atoms with Crippen molar-refractivity contribution in [1.29, 1.82) is 0 Å². The summed E-state index contributed by atoms with van der Waals surface area (Å²) >= 11 is 0. The maximum absolute atomic E-state index is 14.7. The van der Waals surface area contributed by atoms with Crippen LogP contribution in [0.5, 0.6) is 0 Å². The van der Waals surface area contributed by atoms with Crippen molar-refractivity contribution in [2.75, 3.05) is 0 Å². The van der Waals surface area contributed by atoms with E-state index in [0.29, 0.717) is 11.1 Å². The van der Waals surface area contributed by atoms with Crippen LogP contribution in [0.25, 0.3) is 27.5 Å². The normalized spacial score (nSPS) is 11.1. The summed E-state index contributed by atoms with van der Waals surface area (Å²) in [7, 11) is 0. The molecule has 0 saturated heterocycles. The van der Waals surface area contributed by atoms with E-state index < -0.39 is 23.5 Å². The summed E-state index contributed by atoms with van der Waals surface area (Å²) in [6, 6.07) is 24.8. The van der Waals surface area contributed by atoms with E-state index >= 15 is 0 Å². The molecule has 1 amide bonds. The van der Waals surface area contributed by atoms with Crippen molar-refractivity contribution in [2.45, 2.75) is 6.54 Å². The monoisotopic (exact) mass is 561 g/mol. The van der Waals surface area contributed by atoms with Crippen molar-refractivity contribution in [1.82, 2.24) is 14.7 Å². The number of rotatable bonds is 7. The van der Waals surface area contributed by atoms with Crippen molar-refractivity contribution in [2.24, 2.45) is 0 Å². The molecule has 0 aliphatic rings. The summed E-state index contributed by atoms with van der Waals surface area (Å²) in [4.78, 5) is 42.8. The van der Waals surface area contributed by atoms with E-state index in [1.807, 2.05) is 30.3 Å². The Balaban J connectivity index is 1.43. The number of pyridine rings is 1. The van der Waals surface area contributed by atoms with Crippen LogP contribution in [0.1, 0.15) is 42.5 Å². The van der Waals surface area contributed by atoms with Crippen LogP contribution in [0.15, 0.2) is 103 Å². The van der Waals surface area contributed by atoms with Crippen LogP contribution in [0, 0.1) is 11.6 Å². The van der Waals surface area contributed by atoms with Gasteiger partial charge in [0, 0.05) is 17.7 Å². The molecule has 0 unspecified atom stereocenters. The van der Waals surface area contributed by atoms with Gasteiger partial charge in [-0.15, -0.1) is 0 Å². The molecule has 2 aromatic heterocycles. The quantitative estimate of drug-likeness (QED) is 0.223. The van der Waals surface area contributed by atoms with E-state index in [2.05, 4.69) is 10.3 Å². The molecule has 0 radical (unpaired) electrons. The number of hydrogen-bond acceptors (Lipinski definition) is 4. The average Bonchev–Trinajstić information content (AvgIpc) is 3.44. The first kappa shape index (κ1) is 26.5. The molecule has 206 valence electrons. The largest absolute Gasteiger partial charge is 0.478 e. The highest BCUT2D eigenvalue weighted by Gasteiger charge is 2.22. The van der Waals surface area contributed by atoms with Gasteiger partial charge in [0.05, 0.1) is 11.8 Å². The highest BCUT2D eigenvalue weighted by molar-refractivity contribution is 6.10. The lowest BCUT2D eigenvalue weighted by Crippen LogP contribution is -2.26. The third-order valence-electron chi connectivity index (χ3n) is 6.98. The first-order chi connectivity index (χ1) is 20.3. The number of carbonyl (C=O) groups excluding carboxylic acids is 2. The van der Waals surface area contributed by atoms with Gasteiger partial charge >= 0.3 is 5.97 Å². The Hall–Kier alpha value is -5.70. The van der Waals surface area contributed by atoms with E-state index in [4.69, 9.17) is 5.11 Å². The molecule has 6 aromatic rings. The molecule has 2 N–H and O–H groups in total. The molecule has 0 atom stereocenters. The second kappa shape index (κ2) is 10.7. The number of fused-ring (bicyclic) bond motifs is 2. The summed E-state index contributed by atoms with van der Waals surface area (Å²) in [5.74, 6) is -3.40. The van der Waals surface area contributed by atoms with Crippen LogP contribution in [0.4, 0.5) is 8.78 Å². The molecule has 0 bridgehead atoms. The molecule has 6 rings (SSSR count). The Morgan fingerprint density at radius 2 is 1.52 bits per heavy atom. The van der Waals surface area contributed by atoms with Crippen LogP contribution >= 0.6 is 0 Å². The fourth-order valence-electron chi connectivity index (χ4n) is 4.83. The number of carboxylic acid groups (broad SMARTS) is 1. The molecule has 0 fully saturated rings. The number of halogens is 2. The number of ketones is 1. The number of hydrogen-bond donors (Lipinski definition) is 2. The first-order valence-corrected chi connectivity index (χ1v) is 12.9. The molecule has 2 heterocycles. The lowest BCUT2D eigenvalue weighted by molar-refractivity contribution is 0.0696. The highest BCUT2D eigenvalue weighted by atomic mass is 19.1. The maximum Gasteiger partial charge on any atom is 0.335 e. The number of aromatic carboxylic acids is 1. The predicted molar refractivity (Wildman–Crippen MR) is 152 cm³/mol. The average molecular weight is 562 g/mol. The van der Waals surface area contributed by atoms with E-state index in [9.17, 15) is 23.2 Å². The third kappa shape index (κ3) is 4.99. The van der Waals surface area contributed by atoms with Gasteiger partial charge < -0.3 is 10.4 Å². The van der Waals surface area contributed by atoms with Gasteiger partial charge in [0.25, 0.3) is 5.91 Å². The SMILES string of the molecule is O=C(O)c1ccc(CNC(=O)c2cc(-c3cc(F)ccc3F)cc3ncc(C(=O)c4ccc5ccccc5c4)n23)cc1. The highest BCUT2D eigenvalue weighted by Crippen LogP contribution is 2.28. The van der Waals surface area contributed by atoms with Crippen molar-refractivity contribution < 1.29 is 28.3 Å². The zero-order valence-corrected chi connectivity index (χ0v) is 21.8. The first-order valence-electron chi connectivity index (χ1n) is 12.9. The smallest absolute Gasteiger partial charge is 0.335 e. The van der Waals surface area contributed by atoms with Crippen LogP contribution in [0.2, 0.25) is 0 Å². The minimum atomic E-state index is -1.07. The van der Waals surface area contributed by atoms with Crippen LogP contribution in [-0.4, -0.2) is 32.2 Å². The number of aromatic nitrogens is 2.